The molecule has 4 rings (SSSR count). The molecule has 3 heterocycles. The Bertz CT molecular complexity index is 886. The number of H-pyrrole nitrogens is 1. The Morgan fingerprint density at radius 1 is 1.23 bits per heavy atom. The van der Waals surface area contributed by atoms with E-state index in [1.165, 1.54) is 24.1 Å². The molecular weight excluding hydrogens is 272 g/mol. The summed E-state index contributed by atoms with van der Waals surface area (Å²) in [7, 11) is 0. The third-order valence-corrected chi connectivity index (χ3v) is 4.14. The number of fused-ring (bicyclic) bond motifs is 2. The van der Waals surface area contributed by atoms with E-state index in [1.807, 2.05) is 18.3 Å². The number of rotatable bonds is 2. The van der Waals surface area contributed by atoms with Gasteiger partial charge in [-0.3, -0.25) is 0 Å². The van der Waals surface area contributed by atoms with Crippen LogP contribution >= 0.6 is 0 Å². The monoisotopic (exact) mass is 288 g/mol. The van der Waals surface area contributed by atoms with Crippen molar-refractivity contribution in [2.75, 3.05) is 5.32 Å². The van der Waals surface area contributed by atoms with Crippen LogP contribution in [0.25, 0.3) is 11.0 Å². The van der Waals surface area contributed by atoms with E-state index in [9.17, 15) is 0 Å². The van der Waals surface area contributed by atoms with Gasteiger partial charge in [-0.15, -0.1) is 6.42 Å². The molecule has 22 heavy (non-hydrogen) atoms. The highest BCUT2D eigenvalue weighted by molar-refractivity contribution is 5.92. The van der Waals surface area contributed by atoms with Gasteiger partial charge in [0.2, 0.25) is 0 Å². The van der Waals surface area contributed by atoms with Crippen molar-refractivity contribution in [1.29, 1.82) is 0 Å². The van der Waals surface area contributed by atoms with Gasteiger partial charge in [0, 0.05) is 29.0 Å². The third-order valence-electron chi connectivity index (χ3n) is 4.14. The molecule has 0 radical (unpaired) electrons. The van der Waals surface area contributed by atoms with Gasteiger partial charge < -0.3 is 10.3 Å². The van der Waals surface area contributed by atoms with Gasteiger partial charge in [0.25, 0.3) is 0 Å². The number of nitrogens with zero attached hydrogens (tertiary/aromatic N) is 2. The van der Waals surface area contributed by atoms with Gasteiger partial charge in [-0.25, -0.2) is 9.97 Å². The second-order valence-corrected chi connectivity index (χ2v) is 5.60. The Morgan fingerprint density at radius 3 is 3.05 bits per heavy atom. The molecule has 0 spiro atoms. The highest BCUT2D eigenvalue weighted by Crippen LogP contribution is 2.27. The SMILES string of the molecule is C#Cc1cnc2[nH]cc(Nc3ccc4c(n3)CCCC4)c2c1. The minimum atomic E-state index is 0.772. The first-order chi connectivity index (χ1) is 10.8. The van der Waals surface area contributed by atoms with Crippen molar-refractivity contribution >= 4 is 22.5 Å². The quantitative estimate of drug-likeness (QED) is 0.709. The van der Waals surface area contributed by atoms with Crippen LogP contribution in [0.5, 0.6) is 0 Å². The maximum atomic E-state index is 5.46. The van der Waals surface area contributed by atoms with Crippen molar-refractivity contribution in [3.05, 3.63) is 47.4 Å². The summed E-state index contributed by atoms with van der Waals surface area (Å²) in [4.78, 5) is 12.2. The Morgan fingerprint density at radius 2 is 2.14 bits per heavy atom. The number of hydrogen-bond donors (Lipinski definition) is 2. The number of anilines is 2. The zero-order valence-corrected chi connectivity index (χ0v) is 12.2. The van der Waals surface area contributed by atoms with Gasteiger partial charge >= 0.3 is 0 Å². The van der Waals surface area contributed by atoms with Crippen LogP contribution in [0, 0.1) is 12.3 Å². The van der Waals surface area contributed by atoms with Crippen LogP contribution in [0.15, 0.2) is 30.6 Å². The molecule has 0 atom stereocenters. The van der Waals surface area contributed by atoms with Crippen LogP contribution in [0.1, 0.15) is 29.7 Å². The van der Waals surface area contributed by atoms with Crippen molar-refractivity contribution in [2.24, 2.45) is 0 Å². The van der Waals surface area contributed by atoms with E-state index in [0.717, 1.165) is 40.9 Å². The molecule has 0 bridgehead atoms. The standard InChI is InChI=1S/C18H16N4/c1-2-12-9-14-16(11-20-18(14)19-10-12)22-17-8-7-13-5-3-4-6-15(13)21-17/h1,7-11H,3-6H2,(H,19,20)(H,21,22). The van der Waals surface area contributed by atoms with Gasteiger partial charge in [0.1, 0.15) is 11.5 Å². The molecular formula is C18H16N4. The van der Waals surface area contributed by atoms with Crippen LogP contribution in [0.2, 0.25) is 0 Å². The summed E-state index contributed by atoms with van der Waals surface area (Å²) in [5.41, 5.74) is 5.14. The number of terminal acetylenes is 1. The molecule has 1 aliphatic carbocycles. The van der Waals surface area contributed by atoms with E-state index in [2.05, 4.69) is 27.3 Å². The summed E-state index contributed by atoms with van der Waals surface area (Å²) in [6, 6.07) is 6.19. The van der Waals surface area contributed by atoms with Gasteiger partial charge in [0.05, 0.1) is 5.69 Å². The summed E-state index contributed by atoms with van der Waals surface area (Å²) < 4.78 is 0. The molecule has 0 saturated heterocycles. The van der Waals surface area contributed by atoms with Crippen LogP contribution in [-0.4, -0.2) is 15.0 Å². The fourth-order valence-electron chi connectivity index (χ4n) is 2.98. The van der Waals surface area contributed by atoms with E-state index in [-0.39, 0.29) is 0 Å². The number of pyridine rings is 2. The first-order valence-corrected chi connectivity index (χ1v) is 7.53. The molecule has 108 valence electrons. The molecule has 0 aliphatic heterocycles. The van der Waals surface area contributed by atoms with Gasteiger partial charge in [-0.05, 0) is 43.4 Å². The predicted octanol–water partition coefficient (Wildman–Crippen LogP) is 3.56. The zero-order valence-electron chi connectivity index (χ0n) is 12.2. The lowest BCUT2D eigenvalue weighted by atomic mass is 9.96. The molecule has 0 amide bonds. The average molecular weight is 288 g/mol. The number of nitrogens with one attached hydrogen (secondary N) is 2. The number of aromatic amines is 1. The van der Waals surface area contributed by atoms with Crippen molar-refractivity contribution in [3.8, 4) is 12.3 Å². The van der Waals surface area contributed by atoms with Crippen LogP contribution in [0.3, 0.4) is 0 Å². The largest absolute Gasteiger partial charge is 0.344 e. The second-order valence-electron chi connectivity index (χ2n) is 5.60. The van der Waals surface area contributed by atoms with E-state index in [4.69, 9.17) is 11.4 Å². The maximum absolute atomic E-state index is 5.46. The smallest absolute Gasteiger partial charge is 0.139 e. The molecule has 3 aromatic rings. The fraction of sp³-hybridized carbons (Fsp3) is 0.222. The van der Waals surface area contributed by atoms with E-state index < -0.39 is 0 Å². The topological polar surface area (TPSA) is 53.6 Å². The van der Waals surface area contributed by atoms with E-state index in [0.29, 0.717) is 0 Å². The average Bonchev–Trinajstić information content (AvgIpc) is 2.97. The summed E-state index contributed by atoms with van der Waals surface area (Å²) in [5, 5.41) is 4.36. The molecule has 4 nitrogen and oxygen atoms in total. The summed E-state index contributed by atoms with van der Waals surface area (Å²) in [5.74, 6) is 3.49. The fourth-order valence-corrected chi connectivity index (χ4v) is 2.98. The van der Waals surface area contributed by atoms with Crippen molar-refractivity contribution in [3.63, 3.8) is 0 Å². The predicted molar refractivity (Wildman–Crippen MR) is 88.2 cm³/mol. The summed E-state index contributed by atoms with van der Waals surface area (Å²) >= 11 is 0. The van der Waals surface area contributed by atoms with E-state index in [1.54, 1.807) is 6.20 Å². The lowest BCUT2D eigenvalue weighted by Gasteiger charge is -2.15. The highest BCUT2D eigenvalue weighted by Gasteiger charge is 2.12. The van der Waals surface area contributed by atoms with Gasteiger partial charge in [-0.1, -0.05) is 12.0 Å². The second kappa shape index (κ2) is 5.19. The summed E-state index contributed by atoms with van der Waals surface area (Å²) in [6.45, 7) is 0. The van der Waals surface area contributed by atoms with Crippen LogP contribution in [-0.2, 0) is 12.8 Å². The lowest BCUT2D eigenvalue weighted by molar-refractivity contribution is 0.669. The molecule has 0 aromatic carbocycles. The van der Waals surface area contributed by atoms with Crippen molar-refractivity contribution in [1.82, 2.24) is 15.0 Å². The molecule has 4 heteroatoms. The Kier molecular flexibility index (Phi) is 3.05. The molecule has 1 aliphatic rings. The lowest BCUT2D eigenvalue weighted by Crippen LogP contribution is -2.06. The van der Waals surface area contributed by atoms with Crippen molar-refractivity contribution < 1.29 is 0 Å². The summed E-state index contributed by atoms with van der Waals surface area (Å²) in [6.07, 6.45) is 13.8. The maximum Gasteiger partial charge on any atom is 0.139 e. The van der Waals surface area contributed by atoms with Gasteiger partial charge in [0.15, 0.2) is 0 Å². The van der Waals surface area contributed by atoms with E-state index >= 15 is 0 Å². The normalized spacial score (nSPS) is 13.6. The molecule has 0 saturated carbocycles. The Hall–Kier alpha value is -2.80. The third kappa shape index (κ3) is 2.21. The van der Waals surface area contributed by atoms with Crippen LogP contribution in [0.4, 0.5) is 11.5 Å². The zero-order chi connectivity index (χ0) is 14.9. The number of hydrogen-bond acceptors (Lipinski definition) is 3. The molecule has 0 fully saturated rings. The first-order valence-electron chi connectivity index (χ1n) is 7.53. The Balaban J connectivity index is 1.70. The number of aromatic nitrogens is 3. The molecule has 2 N–H and O–H groups in total. The molecule has 0 unspecified atom stereocenters. The minimum absolute atomic E-state index is 0.772. The molecule has 3 aromatic heterocycles. The first kappa shape index (κ1) is 12.9. The van der Waals surface area contributed by atoms with Crippen LogP contribution < -0.4 is 5.32 Å². The van der Waals surface area contributed by atoms with Gasteiger partial charge in [-0.2, -0.15) is 0 Å². The van der Waals surface area contributed by atoms with Crippen molar-refractivity contribution in [2.45, 2.75) is 25.7 Å². The highest BCUT2D eigenvalue weighted by atomic mass is 15.0. The number of aryl methyl sites for hydroxylation is 2. The Labute approximate surface area is 129 Å². The minimum Gasteiger partial charge on any atom is -0.344 e.